The second-order valence-corrected chi connectivity index (χ2v) is 3.89. The first-order valence-electron chi connectivity index (χ1n) is 5.74. The summed E-state index contributed by atoms with van der Waals surface area (Å²) in [5.74, 6) is 6.21. The number of hydrogen-bond acceptors (Lipinski definition) is 6. The van der Waals surface area contributed by atoms with E-state index >= 15 is 0 Å². The maximum Gasteiger partial charge on any atom is 0.271 e. The lowest BCUT2D eigenvalue weighted by molar-refractivity contribution is 0.0948. The second-order valence-electron chi connectivity index (χ2n) is 3.89. The van der Waals surface area contributed by atoms with E-state index in [-0.39, 0.29) is 11.6 Å². The molecule has 19 heavy (non-hydrogen) atoms. The molecule has 0 aliphatic heterocycles. The quantitative estimate of drug-likeness (QED) is 0.493. The number of rotatable bonds is 5. The fourth-order valence-electron chi connectivity index (χ4n) is 1.54. The summed E-state index contributed by atoms with van der Waals surface area (Å²) in [4.78, 5) is 23.8. The van der Waals surface area contributed by atoms with Gasteiger partial charge in [0.1, 0.15) is 11.5 Å². The number of aromatic nitrogens is 4. The number of nitrogen functional groups attached to an aromatic ring is 1. The van der Waals surface area contributed by atoms with Crippen molar-refractivity contribution in [2.24, 2.45) is 12.9 Å². The average Bonchev–Trinajstić information content (AvgIpc) is 2.84. The highest BCUT2D eigenvalue weighted by Crippen LogP contribution is 1.99. The van der Waals surface area contributed by atoms with E-state index in [1.54, 1.807) is 6.20 Å². The van der Waals surface area contributed by atoms with E-state index < -0.39 is 0 Å². The smallest absolute Gasteiger partial charge is 0.271 e. The summed E-state index contributed by atoms with van der Waals surface area (Å²) in [6.45, 7) is 0.488. The van der Waals surface area contributed by atoms with Crippen molar-refractivity contribution in [1.29, 1.82) is 0 Å². The van der Waals surface area contributed by atoms with Gasteiger partial charge in [-0.2, -0.15) is 0 Å². The number of hydrazine groups is 1. The highest BCUT2D eigenvalue weighted by molar-refractivity contribution is 5.91. The van der Waals surface area contributed by atoms with E-state index in [0.717, 1.165) is 5.82 Å². The monoisotopic (exact) mass is 261 g/mol. The molecule has 0 atom stereocenters. The molecule has 2 rings (SSSR count). The number of imidazole rings is 1. The summed E-state index contributed by atoms with van der Waals surface area (Å²) in [5, 5.41) is 2.76. The molecule has 100 valence electrons. The fourth-order valence-corrected chi connectivity index (χ4v) is 1.54. The maximum absolute atomic E-state index is 11.8. The van der Waals surface area contributed by atoms with Crippen LogP contribution in [0.5, 0.6) is 0 Å². The molecule has 8 nitrogen and oxygen atoms in total. The maximum atomic E-state index is 11.8. The van der Waals surface area contributed by atoms with Gasteiger partial charge in [-0.3, -0.25) is 4.79 Å². The number of anilines is 1. The number of nitrogens with zero attached hydrogens (tertiary/aromatic N) is 4. The minimum Gasteiger partial charge on any atom is -0.350 e. The van der Waals surface area contributed by atoms with Crippen molar-refractivity contribution in [1.82, 2.24) is 24.8 Å². The zero-order chi connectivity index (χ0) is 13.7. The van der Waals surface area contributed by atoms with Crippen molar-refractivity contribution in [3.8, 4) is 0 Å². The molecule has 0 aliphatic carbocycles. The van der Waals surface area contributed by atoms with Crippen LogP contribution in [-0.2, 0) is 13.5 Å². The molecule has 2 aromatic heterocycles. The van der Waals surface area contributed by atoms with Gasteiger partial charge in [0.05, 0.1) is 12.4 Å². The summed E-state index contributed by atoms with van der Waals surface area (Å²) in [5.41, 5.74) is 2.59. The molecule has 0 saturated carbocycles. The van der Waals surface area contributed by atoms with Crippen molar-refractivity contribution in [2.45, 2.75) is 6.42 Å². The first-order chi connectivity index (χ1) is 9.20. The minimum absolute atomic E-state index is 0.249. The molecule has 0 saturated heterocycles. The van der Waals surface area contributed by atoms with E-state index in [0.29, 0.717) is 18.8 Å². The minimum atomic E-state index is -0.273. The molecule has 4 N–H and O–H groups in total. The van der Waals surface area contributed by atoms with Gasteiger partial charge in [-0.05, 0) is 0 Å². The van der Waals surface area contributed by atoms with E-state index in [4.69, 9.17) is 5.84 Å². The molecule has 2 heterocycles. The molecule has 0 unspecified atom stereocenters. The third kappa shape index (κ3) is 3.26. The Bertz CT molecular complexity index is 548. The lowest BCUT2D eigenvalue weighted by Gasteiger charge is -2.05. The van der Waals surface area contributed by atoms with Crippen LogP contribution in [0.3, 0.4) is 0 Å². The number of nitrogens with two attached hydrogens (primary N) is 1. The number of amides is 1. The van der Waals surface area contributed by atoms with Gasteiger partial charge in [-0.15, -0.1) is 0 Å². The highest BCUT2D eigenvalue weighted by Gasteiger charge is 2.07. The summed E-state index contributed by atoms with van der Waals surface area (Å²) in [7, 11) is 1.91. The largest absolute Gasteiger partial charge is 0.350 e. The lowest BCUT2D eigenvalue weighted by atomic mass is 10.3. The molecule has 0 radical (unpaired) electrons. The van der Waals surface area contributed by atoms with Crippen LogP contribution < -0.4 is 16.6 Å². The van der Waals surface area contributed by atoms with Crippen molar-refractivity contribution >= 4 is 11.7 Å². The Morgan fingerprint density at radius 3 is 2.79 bits per heavy atom. The number of carbonyl (C=O) groups excluding carboxylic acids is 1. The van der Waals surface area contributed by atoms with Gasteiger partial charge in [-0.25, -0.2) is 20.8 Å². The van der Waals surface area contributed by atoms with E-state index in [1.165, 1.54) is 12.4 Å². The Morgan fingerprint density at radius 2 is 2.21 bits per heavy atom. The molecular weight excluding hydrogens is 246 g/mol. The van der Waals surface area contributed by atoms with Gasteiger partial charge in [0.25, 0.3) is 5.91 Å². The van der Waals surface area contributed by atoms with Crippen LogP contribution in [0.25, 0.3) is 0 Å². The predicted molar refractivity (Wildman–Crippen MR) is 69.1 cm³/mol. The van der Waals surface area contributed by atoms with Gasteiger partial charge in [0, 0.05) is 32.4 Å². The summed E-state index contributed by atoms with van der Waals surface area (Å²) in [6, 6.07) is 0. The summed E-state index contributed by atoms with van der Waals surface area (Å²) in [6.07, 6.45) is 7.01. The van der Waals surface area contributed by atoms with Crippen LogP contribution in [0.1, 0.15) is 16.3 Å². The van der Waals surface area contributed by atoms with Crippen LogP contribution in [-0.4, -0.2) is 32.0 Å². The van der Waals surface area contributed by atoms with E-state index in [1.807, 2.05) is 17.8 Å². The second kappa shape index (κ2) is 5.91. The SMILES string of the molecule is Cn1ccnc1CCNC(=O)c1cnc(NN)cn1. The van der Waals surface area contributed by atoms with Crippen molar-refractivity contribution in [3.63, 3.8) is 0 Å². The molecule has 0 spiro atoms. The molecule has 2 aromatic rings. The Morgan fingerprint density at radius 1 is 1.37 bits per heavy atom. The Kier molecular flexibility index (Phi) is 4.04. The summed E-state index contributed by atoms with van der Waals surface area (Å²) < 4.78 is 1.91. The normalized spacial score (nSPS) is 10.2. The van der Waals surface area contributed by atoms with E-state index in [2.05, 4.69) is 25.7 Å². The zero-order valence-corrected chi connectivity index (χ0v) is 10.5. The number of hydrogen-bond donors (Lipinski definition) is 3. The van der Waals surface area contributed by atoms with Crippen LogP contribution in [0.2, 0.25) is 0 Å². The summed E-state index contributed by atoms with van der Waals surface area (Å²) >= 11 is 0. The van der Waals surface area contributed by atoms with Gasteiger partial charge in [-0.1, -0.05) is 0 Å². The van der Waals surface area contributed by atoms with Gasteiger partial charge < -0.3 is 15.3 Å². The molecule has 1 amide bonds. The molecule has 0 aliphatic rings. The van der Waals surface area contributed by atoms with Gasteiger partial charge in [0.15, 0.2) is 5.82 Å². The van der Waals surface area contributed by atoms with Crippen molar-refractivity contribution in [3.05, 3.63) is 36.3 Å². The zero-order valence-electron chi connectivity index (χ0n) is 10.5. The topological polar surface area (TPSA) is 111 Å². The van der Waals surface area contributed by atoms with Crippen LogP contribution >= 0.6 is 0 Å². The average molecular weight is 261 g/mol. The Balaban J connectivity index is 1.85. The van der Waals surface area contributed by atoms with Gasteiger partial charge >= 0.3 is 0 Å². The molecule has 0 bridgehead atoms. The molecule has 0 fully saturated rings. The molecular formula is C11H15N7O. The third-order valence-electron chi connectivity index (χ3n) is 2.59. The van der Waals surface area contributed by atoms with Crippen LogP contribution in [0.4, 0.5) is 5.82 Å². The van der Waals surface area contributed by atoms with E-state index in [9.17, 15) is 4.79 Å². The van der Waals surface area contributed by atoms with Gasteiger partial charge in [0.2, 0.25) is 0 Å². The predicted octanol–water partition coefficient (Wildman–Crippen LogP) is -0.532. The molecule has 0 aromatic carbocycles. The third-order valence-corrected chi connectivity index (χ3v) is 2.59. The standard InChI is InChI=1S/C11H15N7O/c1-18-5-4-13-10(18)2-3-14-11(19)8-6-16-9(17-12)7-15-8/h4-7H,2-3,12H2,1H3,(H,14,19)(H,16,17). The lowest BCUT2D eigenvalue weighted by Crippen LogP contribution is -2.27. The van der Waals surface area contributed by atoms with Crippen LogP contribution in [0.15, 0.2) is 24.8 Å². The number of aryl methyl sites for hydroxylation is 1. The first-order valence-corrected chi connectivity index (χ1v) is 5.74. The number of carbonyl (C=O) groups is 1. The van der Waals surface area contributed by atoms with Crippen LogP contribution in [0, 0.1) is 0 Å². The van der Waals surface area contributed by atoms with Crippen molar-refractivity contribution in [2.75, 3.05) is 12.0 Å². The highest BCUT2D eigenvalue weighted by atomic mass is 16.1. The fraction of sp³-hybridized carbons (Fsp3) is 0.273. The number of nitrogens with one attached hydrogen (secondary N) is 2. The molecule has 8 heteroatoms. The van der Waals surface area contributed by atoms with Crippen molar-refractivity contribution < 1.29 is 4.79 Å². The Labute approximate surface area is 110 Å². The Hall–Kier alpha value is -2.48. The first kappa shape index (κ1) is 13.0.